The van der Waals surface area contributed by atoms with Crippen LogP contribution in [0.4, 0.5) is 11.4 Å². The molecule has 0 aliphatic rings. The Balaban J connectivity index is 1.81. The molecule has 0 fully saturated rings. The first-order valence-corrected chi connectivity index (χ1v) is 8.85. The summed E-state index contributed by atoms with van der Waals surface area (Å²) in [6.07, 6.45) is 0. The van der Waals surface area contributed by atoms with E-state index in [9.17, 15) is 24.5 Å². The van der Waals surface area contributed by atoms with Crippen molar-refractivity contribution >= 4 is 29.2 Å². The Morgan fingerprint density at radius 3 is 2.52 bits per heavy atom. The number of non-ortho nitro benzene ring substituents is 1. The van der Waals surface area contributed by atoms with Gasteiger partial charge < -0.3 is 15.4 Å². The van der Waals surface area contributed by atoms with Gasteiger partial charge in [0.1, 0.15) is 6.54 Å². The Labute approximate surface area is 167 Å². The Morgan fingerprint density at radius 1 is 1.10 bits per heavy atom. The number of nitrogens with one attached hydrogen (secondary N) is 2. The molecule has 0 aliphatic heterocycles. The fourth-order valence-electron chi connectivity index (χ4n) is 2.51. The van der Waals surface area contributed by atoms with E-state index >= 15 is 0 Å². The number of carbonyl (C=O) groups excluding carboxylic acids is 3. The molecular formula is C20H21N3O6. The van der Waals surface area contributed by atoms with E-state index in [0.717, 1.165) is 11.6 Å². The van der Waals surface area contributed by atoms with Crippen LogP contribution in [-0.2, 0) is 14.3 Å². The number of hydrogen-bond acceptors (Lipinski definition) is 6. The van der Waals surface area contributed by atoms with Gasteiger partial charge in [0, 0.05) is 23.4 Å². The average Bonchev–Trinajstić information content (AvgIpc) is 2.70. The van der Waals surface area contributed by atoms with E-state index in [0.29, 0.717) is 5.69 Å². The zero-order valence-corrected chi connectivity index (χ0v) is 16.0. The third-order valence-electron chi connectivity index (χ3n) is 3.93. The number of rotatable bonds is 8. The van der Waals surface area contributed by atoms with Crippen LogP contribution in [0.3, 0.4) is 0 Å². The molecular weight excluding hydrogens is 378 g/mol. The maximum absolute atomic E-state index is 12.0. The highest BCUT2D eigenvalue weighted by atomic mass is 16.6. The highest BCUT2D eigenvalue weighted by Gasteiger charge is 2.14. The van der Waals surface area contributed by atoms with Crippen LogP contribution in [0.25, 0.3) is 0 Å². The molecule has 0 radical (unpaired) electrons. The smallest absolute Gasteiger partial charge is 0.325 e. The van der Waals surface area contributed by atoms with Crippen LogP contribution in [-0.4, -0.2) is 35.9 Å². The summed E-state index contributed by atoms with van der Waals surface area (Å²) in [5.41, 5.74) is 1.40. The third kappa shape index (κ3) is 6.42. The molecule has 0 aliphatic carbocycles. The first-order valence-electron chi connectivity index (χ1n) is 8.85. The maximum atomic E-state index is 12.0. The molecule has 152 valence electrons. The van der Waals surface area contributed by atoms with Gasteiger partial charge in [-0.1, -0.05) is 38.1 Å². The van der Waals surface area contributed by atoms with Gasteiger partial charge in [0.2, 0.25) is 0 Å². The van der Waals surface area contributed by atoms with E-state index in [1.54, 1.807) is 12.1 Å². The van der Waals surface area contributed by atoms with Crippen molar-refractivity contribution in [1.29, 1.82) is 0 Å². The van der Waals surface area contributed by atoms with Gasteiger partial charge in [-0.2, -0.15) is 0 Å². The van der Waals surface area contributed by atoms with E-state index in [4.69, 9.17) is 4.74 Å². The van der Waals surface area contributed by atoms with Crippen molar-refractivity contribution in [2.75, 3.05) is 18.5 Å². The molecule has 2 aromatic carbocycles. The number of esters is 1. The van der Waals surface area contributed by atoms with Crippen LogP contribution in [0.1, 0.15) is 35.7 Å². The second-order valence-corrected chi connectivity index (χ2v) is 6.44. The van der Waals surface area contributed by atoms with Crippen molar-refractivity contribution in [3.63, 3.8) is 0 Å². The minimum Gasteiger partial charge on any atom is -0.454 e. The minimum absolute atomic E-state index is 0.0371. The number of hydrogen-bond donors (Lipinski definition) is 2. The fraction of sp³-hybridized carbons (Fsp3) is 0.250. The Morgan fingerprint density at radius 2 is 1.83 bits per heavy atom. The number of ether oxygens (including phenoxy) is 1. The molecule has 9 nitrogen and oxygen atoms in total. The van der Waals surface area contributed by atoms with Crippen LogP contribution >= 0.6 is 0 Å². The van der Waals surface area contributed by atoms with E-state index in [1.807, 2.05) is 26.0 Å². The number of nitro groups is 1. The number of anilines is 1. The van der Waals surface area contributed by atoms with Gasteiger partial charge in [-0.05, 0) is 23.6 Å². The summed E-state index contributed by atoms with van der Waals surface area (Å²) in [5.74, 6) is -1.77. The van der Waals surface area contributed by atoms with Crippen molar-refractivity contribution in [1.82, 2.24) is 5.32 Å². The van der Waals surface area contributed by atoms with E-state index in [-0.39, 0.29) is 17.2 Å². The highest BCUT2D eigenvalue weighted by molar-refractivity contribution is 5.97. The quantitative estimate of drug-likeness (QED) is 0.399. The van der Waals surface area contributed by atoms with Crippen molar-refractivity contribution in [2.24, 2.45) is 0 Å². The summed E-state index contributed by atoms with van der Waals surface area (Å²) < 4.78 is 4.85. The first kappa shape index (κ1) is 21.5. The lowest BCUT2D eigenvalue weighted by atomic mass is 10.0. The van der Waals surface area contributed by atoms with E-state index in [2.05, 4.69) is 10.6 Å². The van der Waals surface area contributed by atoms with Gasteiger partial charge in [-0.25, -0.2) is 0 Å². The summed E-state index contributed by atoms with van der Waals surface area (Å²) >= 11 is 0. The molecule has 0 atom stereocenters. The van der Waals surface area contributed by atoms with Crippen molar-refractivity contribution in [3.8, 4) is 0 Å². The second kappa shape index (κ2) is 9.98. The van der Waals surface area contributed by atoms with Crippen LogP contribution in [0, 0.1) is 10.1 Å². The topological polar surface area (TPSA) is 128 Å². The molecule has 2 rings (SSSR count). The van der Waals surface area contributed by atoms with Gasteiger partial charge in [0.05, 0.1) is 4.92 Å². The van der Waals surface area contributed by atoms with Gasteiger partial charge in [0.25, 0.3) is 17.5 Å². The first-order chi connectivity index (χ1) is 13.8. The second-order valence-electron chi connectivity index (χ2n) is 6.44. The third-order valence-corrected chi connectivity index (χ3v) is 3.93. The number of amides is 2. The summed E-state index contributed by atoms with van der Waals surface area (Å²) in [4.78, 5) is 45.9. The molecule has 29 heavy (non-hydrogen) atoms. The molecule has 0 heterocycles. The zero-order chi connectivity index (χ0) is 21.4. The van der Waals surface area contributed by atoms with E-state index in [1.165, 1.54) is 18.2 Å². The van der Waals surface area contributed by atoms with Crippen LogP contribution in [0.2, 0.25) is 0 Å². The zero-order valence-electron chi connectivity index (χ0n) is 16.0. The predicted octanol–water partition coefficient (Wildman–Crippen LogP) is 2.63. The molecule has 0 saturated heterocycles. The lowest BCUT2D eigenvalue weighted by Gasteiger charge is -2.13. The van der Waals surface area contributed by atoms with Gasteiger partial charge in [-0.15, -0.1) is 0 Å². The highest BCUT2D eigenvalue weighted by Crippen LogP contribution is 2.23. The molecule has 0 aromatic heterocycles. The van der Waals surface area contributed by atoms with Crippen LogP contribution in [0.15, 0.2) is 48.5 Å². The maximum Gasteiger partial charge on any atom is 0.325 e. The molecule has 9 heteroatoms. The molecule has 0 unspecified atom stereocenters. The number of benzene rings is 2. The van der Waals surface area contributed by atoms with Crippen LogP contribution < -0.4 is 10.6 Å². The summed E-state index contributed by atoms with van der Waals surface area (Å²) in [6.45, 7) is 3.01. The fourth-order valence-corrected chi connectivity index (χ4v) is 2.51. The number of para-hydroxylation sites is 1. The Bertz CT molecular complexity index is 926. The number of nitro benzene ring substituents is 1. The molecule has 2 aromatic rings. The standard InChI is InChI=1S/C20H21N3O6/c1-13(2)16-8-3-4-9-17(16)22-18(24)12-29-19(25)11-21-20(26)14-6-5-7-15(10-14)23(27)28/h3-10,13H,11-12H2,1-2H3,(H,21,26)(H,22,24). The summed E-state index contributed by atoms with van der Waals surface area (Å²) in [5, 5.41) is 15.7. The molecule has 2 N–H and O–H groups in total. The summed E-state index contributed by atoms with van der Waals surface area (Å²) in [6, 6.07) is 12.4. The Hall–Kier alpha value is -3.75. The average molecular weight is 399 g/mol. The largest absolute Gasteiger partial charge is 0.454 e. The van der Waals surface area contributed by atoms with Gasteiger partial charge in [-0.3, -0.25) is 24.5 Å². The lowest BCUT2D eigenvalue weighted by molar-refractivity contribution is -0.384. The molecule has 0 saturated carbocycles. The van der Waals surface area contributed by atoms with Crippen molar-refractivity contribution < 1.29 is 24.0 Å². The minimum atomic E-state index is -0.809. The normalized spacial score (nSPS) is 10.3. The monoisotopic (exact) mass is 399 g/mol. The predicted molar refractivity (Wildman–Crippen MR) is 106 cm³/mol. The van der Waals surface area contributed by atoms with E-state index < -0.39 is 35.9 Å². The number of carbonyl (C=O) groups is 3. The van der Waals surface area contributed by atoms with Crippen molar-refractivity contribution in [2.45, 2.75) is 19.8 Å². The van der Waals surface area contributed by atoms with Gasteiger partial charge in [0.15, 0.2) is 6.61 Å². The van der Waals surface area contributed by atoms with Crippen molar-refractivity contribution in [3.05, 3.63) is 69.8 Å². The van der Waals surface area contributed by atoms with Crippen LogP contribution in [0.5, 0.6) is 0 Å². The molecule has 0 spiro atoms. The molecule has 2 amide bonds. The Kier molecular flexibility index (Phi) is 7.41. The SMILES string of the molecule is CC(C)c1ccccc1NC(=O)COC(=O)CNC(=O)c1cccc([N+](=O)[O-])c1. The van der Waals surface area contributed by atoms with Gasteiger partial charge >= 0.3 is 5.97 Å². The lowest BCUT2D eigenvalue weighted by Crippen LogP contribution is -2.32. The summed E-state index contributed by atoms with van der Waals surface area (Å²) in [7, 11) is 0. The number of nitrogens with zero attached hydrogens (tertiary/aromatic N) is 1. The molecule has 0 bridgehead atoms.